The highest BCUT2D eigenvalue weighted by molar-refractivity contribution is 7.14. The first-order chi connectivity index (χ1) is 8.29. The number of aryl methyl sites for hydroxylation is 1. The van der Waals surface area contributed by atoms with Crippen LogP contribution in [0, 0.1) is 0 Å². The summed E-state index contributed by atoms with van der Waals surface area (Å²) in [6.07, 6.45) is 5.20. The molecule has 0 bridgehead atoms. The van der Waals surface area contributed by atoms with Crippen LogP contribution in [0.4, 0.5) is 0 Å². The molecule has 2 N–H and O–H groups in total. The topological polar surface area (TPSA) is 57.8 Å². The van der Waals surface area contributed by atoms with E-state index in [1.807, 2.05) is 12.1 Å². The lowest BCUT2D eigenvalue weighted by Crippen LogP contribution is -2.25. The Morgan fingerprint density at radius 2 is 2.41 bits per heavy atom. The van der Waals surface area contributed by atoms with Gasteiger partial charge in [0.15, 0.2) is 0 Å². The van der Waals surface area contributed by atoms with E-state index in [9.17, 15) is 4.79 Å². The molecule has 0 aliphatic heterocycles. The van der Waals surface area contributed by atoms with E-state index in [1.165, 1.54) is 4.88 Å². The summed E-state index contributed by atoms with van der Waals surface area (Å²) in [6.45, 7) is 2.69. The lowest BCUT2D eigenvalue weighted by atomic mass is 10.3. The van der Waals surface area contributed by atoms with Gasteiger partial charge in [-0.15, -0.1) is 11.3 Å². The van der Waals surface area contributed by atoms with Gasteiger partial charge in [0.1, 0.15) is 5.82 Å². The summed E-state index contributed by atoms with van der Waals surface area (Å²) < 4.78 is 0. The molecular weight excluding hydrogens is 234 g/mol. The zero-order valence-corrected chi connectivity index (χ0v) is 10.5. The maximum Gasteiger partial charge on any atom is 0.261 e. The molecule has 2 aromatic rings. The predicted molar refractivity (Wildman–Crippen MR) is 68.3 cm³/mol. The summed E-state index contributed by atoms with van der Waals surface area (Å²) in [5.41, 5.74) is 0. The van der Waals surface area contributed by atoms with Gasteiger partial charge in [0.2, 0.25) is 0 Å². The van der Waals surface area contributed by atoms with Crippen molar-refractivity contribution < 1.29 is 4.79 Å². The highest BCUT2D eigenvalue weighted by Crippen LogP contribution is 2.16. The van der Waals surface area contributed by atoms with Crippen LogP contribution in [0.25, 0.3) is 0 Å². The van der Waals surface area contributed by atoms with E-state index in [2.05, 4.69) is 22.2 Å². The Bertz CT molecular complexity index is 476. The molecule has 0 radical (unpaired) electrons. The molecule has 0 aliphatic rings. The zero-order chi connectivity index (χ0) is 12.1. The fraction of sp³-hybridized carbons (Fsp3) is 0.333. The van der Waals surface area contributed by atoms with Gasteiger partial charge in [-0.3, -0.25) is 4.79 Å². The fourth-order valence-corrected chi connectivity index (χ4v) is 2.37. The Morgan fingerprint density at radius 3 is 3.06 bits per heavy atom. The van der Waals surface area contributed by atoms with Crippen molar-refractivity contribution in [2.24, 2.45) is 0 Å². The molecule has 17 heavy (non-hydrogen) atoms. The predicted octanol–water partition coefficient (Wildman–Crippen LogP) is 2.01. The van der Waals surface area contributed by atoms with Crippen molar-refractivity contribution in [1.82, 2.24) is 15.3 Å². The van der Waals surface area contributed by atoms with Gasteiger partial charge in [0.05, 0.1) is 4.88 Å². The lowest BCUT2D eigenvalue weighted by Gasteiger charge is -2.01. The number of aromatic amines is 1. The molecule has 0 aromatic carbocycles. The van der Waals surface area contributed by atoms with E-state index in [0.29, 0.717) is 6.54 Å². The van der Waals surface area contributed by atoms with E-state index >= 15 is 0 Å². The van der Waals surface area contributed by atoms with Crippen molar-refractivity contribution in [3.05, 3.63) is 40.1 Å². The molecule has 0 saturated heterocycles. The van der Waals surface area contributed by atoms with Crippen molar-refractivity contribution in [2.75, 3.05) is 6.54 Å². The van der Waals surface area contributed by atoms with E-state index in [-0.39, 0.29) is 5.91 Å². The number of nitrogens with zero attached hydrogens (tertiary/aromatic N) is 1. The van der Waals surface area contributed by atoms with Crippen molar-refractivity contribution in [1.29, 1.82) is 0 Å². The van der Waals surface area contributed by atoms with Crippen molar-refractivity contribution >= 4 is 17.2 Å². The maximum atomic E-state index is 11.8. The van der Waals surface area contributed by atoms with Gasteiger partial charge in [-0.2, -0.15) is 0 Å². The normalized spacial score (nSPS) is 10.4. The van der Waals surface area contributed by atoms with Gasteiger partial charge in [0, 0.05) is 30.2 Å². The van der Waals surface area contributed by atoms with E-state index < -0.39 is 0 Å². The fourth-order valence-electron chi connectivity index (χ4n) is 1.51. The number of thiophene rings is 1. The van der Waals surface area contributed by atoms with Gasteiger partial charge in [0.25, 0.3) is 5.91 Å². The summed E-state index contributed by atoms with van der Waals surface area (Å²) in [5.74, 6) is 0.895. The number of carbonyl (C=O) groups is 1. The molecule has 2 heterocycles. The van der Waals surface area contributed by atoms with Crippen LogP contribution in [0.3, 0.4) is 0 Å². The van der Waals surface area contributed by atoms with Crippen LogP contribution in [-0.4, -0.2) is 22.4 Å². The Labute approximate surface area is 104 Å². The van der Waals surface area contributed by atoms with Crippen molar-refractivity contribution in [3.8, 4) is 0 Å². The highest BCUT2D eigenvalue weighted by atomic mass is 32.1. The number of H-pyrrole nitrogens is 1. The molecule has 1 amide bonds. The van der Waals surface area contributed by atoms with E-state index in [4.69, 9.17) is 0 Å². The Balaban J connectivity index is 1.81. The third-order valence-corrected chi connectivity index (χ3v) is 3.66. The Hall–Kier alpha value is -1.62. The van der Waals surface area contributed by atoms with Crippen LogP contribution in [0.5, 0.6) is 0 Å². The monoisotopic (exact) mass is 249 g/mol. The summed E-state index contributed by atoms with van der Waals surface area (Å²) in [7, 11) is 0. The quantitative estimate of drug-likeness (QED) is 0.851. The van der Waals surface area contributed by atoms with E-state index in [0.717, 1.165) is 23.5 Å². The lowest BCUT2D eigenvalue weighted by molar-refractivity contribution is 0.0958. The van der Waals surface area contributed by atoms with Crippen LogP contribution in [0.2, 0.25) is 0 Å². The minimum absolute atomic E-state index is 0.00116. The minimum Gasteiger partial charge on any atom is -0.351 e. The number of hydrogen-bond donors (Lipinski definition) is 2. The Kier molecular flexibility index (Phi) is 3.93. The molecular formula is C12H15N3OS. The summed E-state index contributed by atoms with van der Waals surface area (Å²) in [6, 6.07) is 3.89. The van der Waals surface area contributed by atoms with Gasteiger partial charge < -0.3 is 10.3 Å². The Morgan fingerprint density at radius 1 is 1.53 bits per heavy atom. The zero-order valence-electron chi connectivity index (χ0n) is 9.69. The van der Waals surface area contributed by atoms with Gasteiger partial charge >= 0.3 is 0 Å². The third-order valence-electron chi connectivity index (χ3n) is 2.44. The second kappa shape index (κ2) is 5.63. The number of amides is 1. The molecule has 2 aromatic heterocycles. The molecule has 0 atom stereocenters. The summed E-state index contributed by atoms with van der Waals surface area (Å²) in [4.78, 5) is 20.9. The first-order valence-corrected chi connectivity index (χ1v) is 6.46. The first kappa shape index (κ1) is 11.9. The molecule has 0 fully saturated rings. The summed E-state index contributed by atoms with van der Waals surface area (Å²) >= 11 is 1.55. The number of nitrogens with one attached hydrogen (secondary N) is 2. The number of carbonyl (C=O) groups excluding carboxylic acids is 1. The van der Waals surface area contributed by atoms with Crippen LogP contribution in [0.15, 0.2) is 24.5 Å². The van der Waals surface area contributed by atoms with Crippen LogP contribution in [0.1, 0.15) is 27.3 Å². The van der Waals surface area contributed by atoms with Crippen molar-refractivity contribution in [3.63, 3.8) is 0 Å². The second-order valence-corrected chi connectivity index (χ2v) is 4.83. The molecule has 0 unspecified atom stereocenters. The molecule has 0 aliphatic carbocycles. The molecule has 90 valence electrons. The average molecular weight is 249 g/mol. The maximum absolute atomic E-state index is 11.8. The van der Waals surface area contributed by atoms with E-state index in [1.54, 1.807) is 23.7 Å². The van der Waals surface area contributed by atoms with Crippen LogP contribution >= 0.6 is 11.3 Å². The smallest absolute Gasteiger partial charge is 0.261 e. The number of aromatic nitrogens is 2. The molecule has 0 spiro atoms. The number of imidazole rings is 1. The SMILES string of the molecule is CCc1ccc(C(=O)NCCc2ncc[nH]2)s1. The van der Waals surface area contributed by atoms with Gasteiger partial charge in [-0.05, 0) is 18.6 Å². The molecule has 2 rings (SSSR count). The van der Waals surface area contributed by atoms with Crippen LogP contribution < -0.4 is 5.32 Å². The highest BCUT2D eigenvalue weighted by Gasteiger charge is 2.07. The van der Waals surface area contributed by atoms with Crippen molar-refractivity contribution in [2.45, 2.75) is 19.8 Å². The first-order valence-electron chi connectivity index (χ1n) is 5.64. The number of rotatable bonds is 5. The molecule has 0 saturated carbocycles. The largest absolute Gasteiger partial charge is 0.351 e. The number of hydrogen-bond acceptors (Lipinski definition) is 3. The minimum atomic E-state index is 0.00116. The third kappa shape index (κ3) is 3.17. The molecule has 5 heteroatoms. The van der Waals surface area contributed by atoms with Crippen LogP contribution in [-0.2, 0) is 12.8 Å². The van der Waals surface area contributed by atoms with Gasteiger partial charge in [-0.25, -0.2) is 4.98 Å². The molecule has 4 nitrogen and oxygen atoms in total. The summed E-state index contributed by atoms with van der Waals surface area (Å²) in [5, 5.41) is 2.89. The standard InChI is InChI=1S/C12H15N3OS/c1-2-9-3-4-10(17-9)12(16)15-6-5-11-13-7-8-14-11/h3-4,7-8H,2,5-6H2,1H3,(H,13,14)(H,15,16). The average Bonchev–Trinajstić information content (AvgIpc) is 2.99. The van der Waals surface area contributed by atoms with Gasteiger partial charge in [-0.1, -0.05) is 6.92 Å². The second-order valence-electron chi connectivity index (χ2n) is 3.66.